The van der Waals surface area contributed by atoms with Crippen LogP contribution in [0.15, 0.2) is 29.2 Å². The number of sulfonamides is 1. The van der Waals surface area contributed by atoms with E-state index < -0.39 is 28.3 Å². The average molecular weight is 467 g/mol. The van der Waals surface area contributed by atoms with Gasteiger partial charge in [0.2, 0.25) is 15.9 Å². The fourth-order valence-corrected chi connectivity index (χ4v) is 6.95. The third-order valence-electron chi connectivity index (χ3n) is 6.73. The number of carbonyl (C=O) groups excluding carboxylic acids is 1. The van der Waals surface area contributed by atoms with Crippen molar-refractivity contribution in [3.05, 3.63) is 29.8 Å². The number of ether oxygens (including phenoxy) is 2. The molecular weight excluding hydrogens is 432 g/mol. The van der Waals surface area contributed by atoms with E-state index in [-0.39, 0.29) is 36.7 Å². The highest BCUT2D eigenvalue weighted by Gasteiger charge is 2.43. The molecule has 0 radical (unpaired) electrons. The second kappa shape index (κ2) is 10.2. The van der Waals surface area contributed by atoms with Gasteiger partial charge in [0.25, 0.3) is 0 Å². The normalized spacial score (nSPS) is 30.2. The molecule has 1 N–H and O–H groups in total. The summed E-state index contributed by atoms with van der Waals surface area (Å²) in [5, 5.41) is 10.3. The monoisotopic (exact) mass is 466 g/mol. The molecule has 0 aromatic heterocycles. The smallest absolute Gasteiger partial charge is 0.243 e. The Bertz CT molecular complexity index is 902. The third kappa shape index (κ3) is 5.17. The van der Waals surface area contributed by atoms with Gasteiger partial charge in [-0.25, -0.2) is 8.42 Å². The van der Waals surface area contributed by atoms with Gasteiger partial charge in [0.05, 0.1) is 48.9 Å². The van der Waals surface area contributed by atoms with Crippen molar-refractivity contribution in [1.29, 1.82) is 0 Å². The Labute approximate surface area is 190 Å². The zero-order valence-corrected chi connectivity index (χ0v) is 19.5. The van der Waals surface area contributed by atoms with Crippen LogP contribution in [0.1, 0.15) is 44.1 Å². The number of rotatable bonds is 4. The minimum Gasteiger partial charge on any atom is -0.389 e. The molecule has 8 nitrogen and oxygen atoms in total. The maximum Gasteiger partial charge on any atom is 0.243 e. The number of hydrogen-bond donors (Lipinski definition) is 1. The molecule has 0 bridgehead atoms. The molecule has 1 amide bonds. The number of β-amino-alcohol motifs (C(OH)–C–C–N with tert-alkyl or cyclic N) is 1. The topological polar surface area (TPSA) is 96.4 Å². The van der Waals surface area contributed by atoms with Crippen LogP contribution in [0.2, 0.25) is 0 Å². The Balaban J connectivity index is 1.51. The molecule has 1 aromatic carbocycles. The number of hydrogen-bond acceptors (Lipinski definition) is 6. The molecule has 32 heavy (non-hydrogen) atoms. The molecule has 0 saturated carbocycles. The van der Waals surface area contributed by atoms with E-state index in [1.165, 1.54) is 10.7 Å². The largest absolute Gasteiger partial charge is 0.389 e. The van der Waals surface area contributed by atoms with E-state index in [2.05, 4.69) is 0 Å². The summed E-state index contributed by atoms with van der Waals surface area (Å²) in [5.41, 5.74) is 0.665. The maximum atomic E-state index is 13.6. The van der Waals surface area contributed by atoms with Gasteiger partial charge < -0.3 is 19.5 Å². The van der Waals surface area contributed by atoms with Gasteiger partial charge in [-0.1, -0.05) is 18.2 Å². The van der Waals surface area contributed by atoms with Crippen molar-refractivity contribution in [2.45, 2.75) is 74.7 Å². The highest BCUT2D eigenvalue weighted by atomic mass is 32.2. The summed E-state index contributed by atoms with van der Waals surface area (Å²) in [6, 6.07) is 6.44. The molecule has 3 fully saturated rings. The number of aliphatic hydroxyl groups is 1. The lowest BCUT2D eigenvalue weighted by molar-refractivity contribution is -0.152. The first-order valence-electron chi connectivity index (χ1n) is 11.6. The quantitative estimate of drug-likeness (QED) is 0.726. The summed E-state index contributed by atoms with van der Waals surface area (Å²) in [6.07, 6.45) is 3.09. The number of piperidine rings is 1. The zero-order valence-electron chi connectivity index (χ0n) is 18.7. The summed E-state index contributed by atoms with van der Waals surface area (Å²) in [7, 11) is -3.83. The molecule has 0 aliphatic carbocycles. The van der Waals surface area contributed by atoms with Gasteiger partial charge in [0.15, 0.2) is 0 Å². The lowest BCUT2D eigenvalue weighted by Gasteiger charge is -2.44. The number of fused-ring (bicyclic) bond motifs is 1. The SMILES string of the molecule is Cc1ccccc1S(=O)(=O)N1C[C@@H](O)COC[C@H]2O[C@H](CC(=O)N3CCCCC3)CC[C@@H]21. The van der Waals surface area contributed by atoms with Gasteiger partial charge in [-0.2, -0.15) is 4.31 Å². The van der Waals surface area contributed by atoms with Crippen molar-refractivity contribution in [3.63, 3.8) is 0 Å². The van der Waals surface area contributed by atoms with Crippen LogP contribution in [0, 0.1) is 6.92 Å². The first kappa shape index (κ1) is 23.6. The van der Waals surface area contributed by atoms with E-state index in [1.54, 1.807) is 31.2 Å². The molecule has 3 saturated heterocycles. The Kier molecular flexibility index (Phi) is 7.51. The molecule has 3 aliphatic rings. The molecular formula is C23H34N2O6S. The van der Waals surface area contributed by atoms with Crippen LogP contribution < -0.4 is 0 Å². The summed E-state index contributed by atoms with van der Waals surface area (Å²) in [4.78, 5) is 14.9. The van der Waals surface area contributed by atoms with Crippen molar-refractivity contribution in [1.82, 2.24) is 9.21 Å². The van der Waals surface area contributed by atoms with Gasteiger partial charge >= 0.3 is 0 Å². The molecule has 9 heteroatoms. The van der Waals surface area contributed by atoms with Gasteiger partial charge in [-0.3, -0.25) is 4.79 Å². The molecule has 178 valence electrons. The predicted octanol–water partition coefficient (Wildman–Crippen LogP) is 1.70. The number of amides is 1. The highest BCUT2D eigenvalue weighted by molar-refractivity contribution is 7.89. The van der Waals surface area contributed by atoms with Crippen LogP contribution >= 0.6 is 0 Å². The lowest BCUT2D eigenvalue weighted by Crippen LogP contribution is -2.57. The van der Waals surface area contributed by atoms with Crippen LogP contribution in [0.3, 0.4) is 0 Å². The van der Waals surface area contributed by atoms with Crippen molar-refractivity contribution in [2.24, 2.45) is 0 Å². The second-order valence-electron chi connectivity index (χ2n) is 9.12. The Hall–Kier alpha value is -1.52. The first-order valence-corrected chi connectivity index (χ1v) is 13.1. The molecule has 1 aromatic rings. The van der Waals surface area contributed by atoms with Gasteiger partial charge in [-0.15, -0.1) is 0 Å². The Morgan fingerprint density at radius 2 is 1.88 bits per heavy atom. The number of carbonyl (C=O) groups is 1. The van der Waals surface area contributed by atoms with Crippen LogP contribution in [0.4, 0.5) is 0 Å². The lowest BCUT2D eigenvalue weighted by atomic mass is 9.96. The molecule has 4 atom stereocenters. The number of likely N-dealkylation sites (tertiary alicyclic amines) is 1. The molecule has 3 aliphatic heterocycles. The van der Waals surface area contributed by atoms with E-state index >= 15 is 0 Å². The standard InChI is InChI=1S/C23H34N2O6S/c1-17-7-3-4-8-22(17)32(28,29)25-14-18(26)15-30-16-21-20(25)10-9-19(31-21)13-23(27)24-11-5-2-6-12-24/h3-4,7-8,18-21,26H,2,5-6,9-16H2,1H3/t18-,19+,20+,21-/m1/s1. The number of nitrogens with zero attached hydrogens (tertiary/aromatic N) is 2. The minimum atomic E-state index is -3.83. The van der Waals surface area contributed by atoms with Crippen LogP contribution in [0.5, 0.6) is 0 Å². The first-order chi connectivity index (χ1) is 15.4. The van der Waals surface area contributed by atoms with Gasteiger partial charge in [0.1, 0.15) is 0 Å². The fraction of sp³-hybridized carbons (Fsp3) is 0.696. The zero-order chi connectivity index (χ0) is 22.7. The number of aliphatic hydroxyl groups excluding tert-OH is 1. The Morgan fingerprint density at radius 1 is 1.12 bits per heavy atom. The van der Waals surface area contributed by atoms with Crippen molar-refractivity contribution >= 4 is 15.9 Å². The summed E-state index contributed by atoms with van der Waals surface area (Å²) >= 11 is 0. The average Bonchev–Trinajstić information content (AvgIpc) is 2.77. The van der Waals surface area contributed by atoms with Gasteiger partial charge in [-0.05, 0) is 50.7 Å². The number of benzene rings is 1. The molecule has 0 spiro atoms. The second-order valence-corrected chi connectivity index (χ2v) is 11.0. The maximum absolute atomic E-state index is 13.6. The fourth-order valence-electron chi connectivity index (χ4n) is 5.01. The van der Waals surface area contributed by atoms with E-state index in [0.29, 0.717) is 24.8 Å². The van der Waals surface area contributed by atoms with Crippen LogP contribution in [-0.2, 0) is 24.3 Å². The molecule has 0 unspecified atom stereocenters. The number of aryl methyl sites for hydroxylation is 1. The summed E-state index contributed by atoms with van der Waals surface area (Å²) in [6.45, 7) is 3.58. The van der Waals surface area contributed by atoms with E-state index in [0.717, 1.165) is 25.9 Å². The van der Waals surface area contributed by atoms with Crippen LogP contribution in [-0.4, -0.2) is 85.8 Å². The molecule has 4 rings (SSSR count). The van der Waals surface area contributed by atoms with Crippen molar-refractivity contribution in [2.75, 3.05) is 32.8 Å². The van der Waals surface area contributed by atoms with E-state index in [1.807, 2.05) is 4.90 Å². The highest BCUT2D eigenvalue weighted by Crippen LogP contribution is 2.32. The van der Waals surface area contributed by atoms with Gasteiger partial charge in [0, 0.05) is 19.6 Å². The third-order valence-corrected chi connectivity index (χ3v) is 8.78. The predicted molar refractivity (Wildman–Crippen MR) is 119 cm³/mol. The summed E-state index contributed by atoms with van der Waals surface area (Å²) < 4.78 is 40.5. The van der Waals surface area contributed by atoms with E-state index in [9.17, 15) is 18.3 Å². The van der Waals surface area contributed by atoms with Crippen molar-refractivity contribution < 1.29 is 27.8 Å². The van der Waals surface area contributed by atoms with E-state index in [4.69, 9.17) is 9.47 Å². The van der Waals surface area contributed by atoms with Crippen molar-refractivity contribution in [3.8, 4) is 0 Å². The van der Waals surface area contributed by atoms with Crippen LogP contribution in [0.25, 0.3) is 0 Å². The Morgan fingerprint density at radius 3 is 2.62 bits per heavy atom. The summed E-state index contributed by atoms with van der Waals surface area (Å²) in [5.74, 6) is 0.111. The minimum absolute atomic E-state index is 0.0431. The molecule has 3 heterocycles.